The summed E-state index contributed by atoms with van der Waals surface area (Å²) in [7, 11) is 2.69. The molecule has 1 aliphatic carbocycles. The van der Waals surface area contributed by atoms with E-state index in [1.807, 2.05) is 24.3 Å². The number of aromatic nitrogens is 5. The Kier molecular flexibility index (Phi) is 6.65. The van der Waals surface area contributed by atoms with Crippen LogP contribution in [0.3, 0.4) is 0 Å². The zero-order chi connectivity index (χ0) is 27.1. The van der Waals surface area contributed by atoms with Crippen molar-refractivity contribution >= 4 is 14.8 Å². The molecule has 0 radical (unpaired) electrons. The molecule has 2 aromatic rings. The monoisotopic (exact) mass is 545 g/mol. The van der Waals surface area contributed by atoms with Crippen molar-refractivity contribution in [2.75, 3.05) is 0 Å². The summed E-state index contributed by atoms with van der Waals surface area (Å²) in [4.78, 5) is 9.23. The summed E-state index contributed by atoms with van der Waals surface area (Å²) in [5.41, 5.74) is -0.694. The molecule has 0 saturated carbocycles. The fourth-order valence-corrected chi connectivity index (χ4v) is 4.32. The zero-order valence-electron chi connectivity index (χ0n) is 19.4. The number of rotatable bonds is 4. The van der Waals surface area contributed by atoms with Crippen LogP contribution < -0.4 is 0 Å². The van der Waals surface area contributed by atoms with Crippen molar-refractivity contribution in [3.63, 3.8) is 0 Å². The van der Waals surface area contributed by atoms with Crippen LogP contribution in [-0.4, -0.2) is 24.7 Å². The molecule has 38 heavy (non-hydrogen) atoms. The van der Waals surface area contributed by atoms with Crippen molar-refractivity contribution in [3.8, 4) is 22.6 Å². The summed E-state index contributed by atoms with van der Waals surface area (Å²) in [6.07, 6.45) is 2.19. The molecule has 5 nitrogen and oxygen atoms in total. The molecule has 0 bridgehead atoms. The van der Waals surface area contributed by atoms with Crippen LogP contribution in [0.1, 0.15) is 29.1 Å². The van der Waals surface area contributed by atoms with E-state index in [4.69, 9.17) is 0 Å². The minimum atomic E-state index is -5.00. The minimum absolute atomic E-state index is 0.0863. The first-order valence-electron chi connectivity index (χ1n) is 11.2. The van der Waals surface area contributed by atoms with Crippen molar-refractivity contribution in [3.05, 3.63) is 101 Å². The molecule has 3 aliphatic rings. The Balaban J connectivity index is 1.38. The van der Waals surface area contributed by atoms with Gasteiger partial charge in [0.25, 0.3) is 0 Å². The van der Waals surface area contributed by atoms with E-state index < -0.39 is 29.0 Å². The normalized spacial score (nSPS) is 14.4. The van der Waals surface area contributed by atoms with Crippen LogP contribution >= 0.6 is 9.24 Å². The minimum Gasteiger partial charge on any atom is -0.346 e. The first-order chi connectivity index (χ1) is 18.0. The number of imidazole rings is 1. The molecule has 3 heterocycles. The van der Waals surface area contributed by atoms with Gasteiger partial charge in [-0.3, -0.25) is 0 Å². The largest absolute Gasteiger partial charge is 0.417 e. The lowest BCUT2D eigenvalue weighted by Gasteiger charge is -2.15. The molecule has 194 valence electrons. The second-order valence-corrected chi connectivity index (χ2v) is 9.34. The predicted molar refractivity (Wildman–Crippen MR) is 133 cm³/mol. The molecule has 0 saturated heterocycles. The van der Waals surface area contributed by atoms with E-state index in [0.717, 1.165) is 17.0 Å². The van der Waals surface area contributed by atoms with Gasteiger partial charge in [0.2, 0.25) is 0 Å². The molecular formula is C26H18F6N5P. The number of hydrogen-bond donors (Lipinski definition) is 0. The van der Waals surface area contributed by atoms with Gasteiger partial charge < -0.3 is 4.57 Å². The maximum Gasteiger partial charge on any atom is 0.417 e. The third-order valence-electron chi connectivity index (χ3n) is 5.82. The van der Waals surface area contributed by atoms with E-state index in [0.29, 0.717) is 35.4 Å². The Morgan fingerprint density at radius 3 is 2.29 bits per heavy atom. The summed E-state index contributed by atoms with van der Waals surface area (Å²) in [5.74, 6) is 0.624. The van der Waals surface area contributed by atoms with Crippen LogP contribution in [-0.2, 0) is 18.9 Å². The number of nitrogens with zero attached hydrogens (tertiary/aromatic N) is 5. The number of halogens is 6. The fraction of sp³-hybridized carbons (Fsp3) is 0.154. The van der Waals surface area contributed by atoms with Gasteiger partial charge in [-0.1, -0.05) is 30.4 Å². The van der Waals surface area contributed by atoms with Crippen LogP contribution in [0.5, 0.6) is 0 Å². The van der Waals surface area contributed by atoms with E-state index >= 15 is 0 Å². The van der Waals surface area contributed by atoms with Crippen molar-refractivity contribution in [2.24, 2.45) is 0 Å². The van der Waals surface area contributed by atoms with E-state index in [1.165, 1.54) is 12.1 Å². The Hall–Kier alpha value is -3.85. The standard InChI is InChI=1S/C26H18F6N5P/c27-25(28,29)16-5-7-19(20(12-16)26(30,31)32)21-8-6-17(35-36-21)13-37-10-9-22-23(14-37)34-24(33-22)15-3-1-2-4-18(38)11-15/h1-10,12,14H,11,13,38H2. The number of hydrogen-bond acceptors (Lipinski definition) is 4. The first kappa shape index (κ1) is 25.8. The van der Waals surface area contributed by atoms with Crippen molar-refractivity contribution in [2.45, 2.75) is 25.3 Å². The Morgan fingerprint density at radius 1 is 0.816 bits per heavy atom. The topological polar surface area (TPSA) is 56.5 Å². The van der Waals surface area contributed by atoms with Crippen molar-refractivity contribution < 1.29 is 26.3 Å². The third kappa shape index (κ3) is 5.52. The van der Waals surface area contributed by atoms with E-state index in [1.54, 1.807) is 23.0 Å². The van der Waals surface area contributed by atoms with Crippen molar-refractivity contribution in [1.29, 1.82) is 0 Å². The van der Waals surface area contributed by atoms with Gasteiger partial charge in [0, 0.05) is 30.0 Å². The number of allylic oxidation sites excluding steroid dienone is 6. The highest BCUT2D eigenvalue weighted by atomic mass is 31.0. The Labute approximate surface area is 215 Å². The van der Waals surface area contributed by atoms with Gasteiger partial charge in [-0.15, -0.1) is 9.24 Å². The Bertz CT molecular complexity index is 1550. The maximum atomic E-state index is 13.5. The average Bonchev–Trinajstić information content (AvgIpc) is 3.16. The second kappa shape index (κ2) is 9.79. The second-order valence-electron chi connectivity index (χ2n) is 8.60. The van der Waals surface area contributed by atoms with Gasteiger partial charge in [0.15, 0.2) is 5.82 Å². The molecule has 5 rings (SSSR count). The van der Waals surface area contributed by atoms with E-state index in [-0.39, 0.29) is 18.3 Å². The molecule has 1 unspecified atom stereocenters. The van der Waals surface area contributed by atoms with Crippen LogP contribution in [0, 0.1) is 0 Å². The molecule has 0 spiro atoms. The highest BCUT2D eigenvalue weighted by molar-refractivity contribution is 7.22. The molecule has 0 amide bonds. The van der Waals surface area contributed by atoms with Crippen LogP contribution in [0.25, 0.3) is 28.2 Å². The van der Waals surface area contributed by atoms with Gasteiger partial charge >= 0.3 is 12.4 Å². The predicted octanol–water partition coefficient (Wildman–Crippen LogP) is 7.03. The van der Waals surface area contributed by atoms with Gasteiger partial charge in [-0.2, -0.15) is 36.5 Å². The third-order valence-corrected chi connectivity index (χ3v) is 6.22. The van der Waals surface area contributed by atoms with Crippen LogP contribution in [0.4, 0.5) is 26.3 Å². The molecule has 1 atom stereocenters. The smallest absolute Gasteiger partial charge is 0.346 e. The quantitative estimate of drug-likeness (QED) is 0.204. The summed E-state index contributed by atoms with van der Waals surface area (Å²) < 4.78 is 81.2. The van der Waals surface area contributed by atoms with Crippen molar-refractivity contribution in [1.82, 2.24) is 24.7 Å². The number of alkyl halides is 6. The molecule has 1 aromatic carbocycles. The molecule has 1 aromatic heterocycles. The van der Waals surface area contributed by atoms with Gasteiger partial charge in [0.05, 0.1) is 34.8 Å². The zero-order valence-corrected chi connectivity index (χ0v) is 20.6. The molecular weight excluding hydrogens is 527 g/mol. The summed E-state index contributed by atoms with van der Waals surface area (Å²) in [5, 5.41) is 8.97. The van der Waals surface area contributed by atoms with Crippen LogP contribution in [0.2, 0.25) is 0 Å². The number of benzene rings is 1. The van der Waals surface area contributed by atoms with Gasteiger partial charge in [0.1, 0.15) is 5.69 Å². The highest BCUT2D eigenvalue weighted by Crippen LogP contribution is 2.40. The van der Waals surface area contributed by atoms with Gasteiger partial charge in [-0.25, -0.2) is 9.97 Å². The summed E-state index contributed by atoms with van der Waals surface area (Å²) in [6, 6.07) is 6.03. The molecule has 0 fully saturated rings. The highest BCUT2D eigenvalue weighted by Gasteiger charge is 2.38. The van der Waals surface area contributed by atoms with E-state index in [2.05, 4.69) is 29.4 Å². The lowest BCUT2D eigenvalue weighted by Crippen LogP contribution is -2.12. The molecule has 12 heteroatoms. The maximum absolute atomic E-state index is 13.5. The lowest BCUT2D eigenvalue weighted by atomic mass is 10.00. The fourth-order valence-electron chi connectivity index (χ4n) is 3.99. The first-order valence-corrected chi connectivity index (χ1v) is 11.8. The number of fused-ring (bicyclic) bond motifs is 1. The van der Waals surface area contributed by atoms with Crippen LogP contribution in [0.15, 0.2) is 78.4 Å². The SMILES string of the molecule is FC(F)(F)c1ccc(-c2ccc(Cn3ccc4nc(C5=CC=CC=C(P)C5)nc-4c3)nn2)c(C(F)(F)F)c1. The van der Waals surface area contributed by atoms with Gasteiger partial charge in [-0.05, 0) is 35.6 Å². The molecule has 2 aliphatic heterocycles. The average molecular weight is 545 g/mol. The summed E-state index contributed by atoms with van der Waals surface area (Å²) in [6.45, 7) is 0.245. The lowest BCUT2D eigenvalue weighted by molar-refractivity contribution is -0.142. The Morgan fingerprint density at radius 2 is 1.58 bits per heavy atom. The molecule has 0 N–H and O–H groups in total. The number of pyridine rings is 1. The summed E-state index contributed by atoms with van der Waals surface area (Å²) >= 11 is 0. The van der Waals surface area contributed by atoms with E-state index in [9.17, 15) is 26.3 Å².